The Morgan fingerprint density at radius 1 is 1.04 bits per heavy atom. The van der Waals surface area contributed by atoms with E-state index in [2.05, 4.69) is 9.71 Å². The van der Waals surface area contributed by atoms with E-state index in [-0.39, 0.29) is 5.82 Å². The summed E-state index contributed by atoms with van der Waals surface area (Å²) in [4.78, 5) is 4.48. The summed E-state index contributed by atoms with van der Waals surface area (Å²) in [6.07, 6.45) is 0. The van der Waals surface area contributed by atoms with Crippen molar-refractivity contribution in [2.24, 2.45) is 0 Å². The van der Waals surface area contributed by atoms with Crippen LogP contribution in [0.3, 0.4) is 0 Å². The third-order valence-corrected chi connectivity index (χ3v) is 5.85. The maximum absolute atomic E-state index is 13.9. The number of nitrogens with one attached hydrogen (secondary N) is 1. The van der Waals surface area contributed by atoms with Gasteiger partial charge in [-0.3, -0.25) is 4.72 Å². The van der Waals surface area contributed by atoms with E-state index < -0.39 is 10.2 Å². The van der Waals surface area contributed by atoms with Crippen molar-refractivity contribution in [2.45, 2.75) is 0 Å². The Hall–Kier alpha value is -2.29. The van der Waals surface area contributed by atoms with Crippen LogP contribution in [0.5, 0.6) is 0 Å². The summed E-state index contributed by atoms with van der Waals surface area (Å²) in [7, 11) is -0.738. The summed E-state index contributed by atoms with van der Waals surface area (Å²) in [5.74, 6) is -0.343. The van der Waals surface area contributed by atoms with Crippen LogP contribution in [0, 0.1) is 5.82 Å². The Bertz CT molecular complexity index is 1000. The molecule has 0 radical (unpaired) electrons. The van der Waals surface area contributed by atoms with Gasteiger partial charge in [0, 0.05) is 30.6 Å². The lowest BCUT2D eigenvalue weighted by Gasteiger charge is -2.15. The van der Waals surface area contributed by atoms with Gasteiger partial charge in [0.15, 0.2) is 0 Å². The van der Waals surface area contributed by atoms with Crippen molar-refractivity contribution in [2.75, 3.05) is 18.8 Å². The number of aromatic nitrogens is 1. The molecule has 8 heteroatoms. The minimum atomic E-state index is -3.63. The smallest absolute Gasteiger partial charge is 0.270 e. The Balaban J connectivity index is 2.00. The average Bonchev–Trinajstić information content (AvgIpc) is 3.05. The Labute approximate surface area is 150 Å². The molecule has 1 heterocycles. The second kappa shape index (κ2) is 6.91. The molecule has 1 N–H and O–H groups in total. The van der Waals surface area contributed by atoms with Gasteiger partial charge in [0.25, 0.3) is 0 Å². The van der Waals surface area contributed by atoms with Gasteiger partial charge in [0.05, 0.1) is 11.4 Å². The number of benzene rings is 2. The number of nitrogens with zero attached hydrogens (tertiary/aromatic N) is 2. The standard InChI is InChI=1S/C17H16FN3O2S2/c1-21(2)25(22,23)20-15-10-6-4-8-13(15)16-11-24-17(19-16)12-7-3-5-9-14(12)18/h3-11,20H,1-2H3. The first-order valence-corrected chi connectivity index (χ1v) is 9.70. The van der Waals surface area contributed by atoms with Crippen LogP contribution in [-0.4, -0.2) is 31.8 Å². The number of thiazole rings is 1. The molecule has 130 valence electrons. The molecule has 0 atom stereocenters. The van der Waals surface area contributed by atoms with E-state index >= 15 is 0 Å². The highest BCUT2D eigenvalue weighted by Gasteiger charge is 2.17. The number of rotatable bonds is 5. The fraction of sp³-hybridized carbons (Fsp3) is 0.118. The van der Waals surface area contributed by atoms with Gasteiger partial charge in [0.1, 0.15) is 10.8 Å². The minimum Gasteiger partial charge on any atom is -0.270 e. The lowest BCUT2D eigenvalue weighted by atomic mass is 10.1. The van der Waals surface area contributed by atoms with E-state index in [1.807, 2.05) is 0 Å². The second-order valence-electron chi connectivity index (χ2n) is 5.45. The fourth-order valence-electron chi connectivity index (χ4n) is 2.18. The molecule has 1 aromatic heterocycles. The van der Waals surface area contributed by atoms with Gasteiger partial charge in [-0.05, 0) is 18.2 Å². The van der Waals surface area contributed by atoms with Crippen LogP contribution in [0.25, 0.3) is 21.8 Å². The predicted molar refractivity (Wildman–Crippen MR) is 99.2 cm³/mol. The van der Waals surface area contributed by atoms with Crippen LogP contribution in [0.1, 0.15) is 0 Å². The molecule has 0 aliphatic rings. The number of hydrogen-bond acceptors (Lipinski definition) is 4. The summed E-state index contributed by atoms with van der Waals surface area (Å²) in [6, 6.07) is 13.4. The second-order valence-corrected chi connectivity index (χ2v) is 8.20. The van der Waals surface area contributed by atoms with Crippen molar-refractivity contribution in [3.8, 4) is 21.8 Å². The SMILES string of the molecule is CN(C)S(=O)(=O)Nc1ccccc1-c1csc(-c2ccccc2F)n1. The van der Waals surface area contributed by atoms with E-state index in [9.17, 15) is 12.8 Å². The highest BCUT2D eigenvalue weighted by molar-refractivity contribution is 7.90. The number of halogens is 1. The average molecular weight is 377 g/mol. The summed E-state index contributed by atoms with van der Waals surface area (Å²) >= 11 is 1.31. The van der Waals surface area contributed by atoms with Gasteiger partial charge in [-0.15, -0.1) is 11.3 Å². The van der Waals surface area contributed by atoms with Gasteiger partial charge in [0.2, 0.25) is 0 Å². The number of anilines is 1. The minimum absolute atomic E-state index is 0.343. The van der Waals surface area contributed by atoms with Crippen molar-refractivity contribution < 1.29 is 12.8 Å². The van der Waals surface area contributed by atoms with E-state index in [0.29, 0.717) is 27.5 Å². The molecule has 25 heavy (non-hydrogen) atoms. The molecule has 0 aliphatic heterocycles. The molecule has 0 unspecified atom stereocenters. The lowest BCUT2D eigenvalue weighted by Crippen LogP contribution is -2.29. The van der Waals surface area contributed by atoms with E-state index in [0.717, 1.165) is 4.31 Å². The summed E-state index contributed by atoms with van der Waals surface area (Å²) in [5, 5.41) is 2.32. The molecule has 2 aromatic carbocycles. The first-order chi connectivity index (χ1) is 11.9. The topological polar surface area (TPSA) is 62.3 Å². The molecule has 0 aliphatic carbocycles. The molecule has 0 bridgehead atoms. The molecule has 0 saturated carbocycles. The molecule has 5 nitrogen and oxygen atoms in total. The molecular formula is C17H16FN3O2S2. The van der Waals surface area contributed by atoms with Crippen LogP contribution in [0.15, 0.2) is 53.9 Å². The van der Waals surface area contributed by atoms with E-state index in [4.69, 9.17) is 0 Å². The monoisotopic (exact) mass is 377 g/mol. The van der Waals surface area contributed by atoms with Crippen LogP contribution >= 0.6 is 11.3 Å². The zero-order valence-corrected chi connectivity index (χ0v) is 15.2. The van der Waals surface area contributed by atoms with Crippen molar-refractivity contribution in [3.05, 3.63) is 59.7 Å². The van der Waals surface area contributed by atoms with Crippen LogP contribution in [-0.2, 0) is 10.2 Å². The van der Waals surface area contributed by atoms with Gasteiger partial charge in [-0.1, -0.05) is 30.3 Å². The third kappa shape index (κ3) is 3.71. The zero-order valence-electron chi connectivity index (χ0n) is 13.6. The maximum Gasteiger partial charge on any atom is 0.301 e. The highest BCUT2D eigenvalue weighted by Crippen LogP contribution is 2.34. The van der Waals surface area contributed by atoms with Crippen molar-refractivity contribution >= 4 is 27.2 Å². The lowest BCUT2D eigenvalue weighted by molar-refractivity contribution is 0.527. The Morgan fingerprint density at radius 2 is 1.68 bits per heavy atom. The molecule has 3 rings (SSSR count). The third-order valence-electron chi connectivity index (χ3n) is 3.53. The Kier molecular flexibility index (Phi) is 4.85. The predicted octanol–water partition coefficient (Wildman–Crippen LogP) is 3.83. The first-order valence-electron chi connectivity index (χ1n) is 7.38. The molecule has 0 spiro atoms. The van der Waals surface area contributed by atoms with Gasteiger partial charge in [-0.2, -0.15) is 12.7 Å². The van der Waals surface area contributed by atoms with Crippen LogP contribution in [0.4, 0.5) is 10.1 Å². The van der Waals surface area contributed by atoms with Crippen molar-refractivity contribution in [3.63, 3.8) is 0 Å². The maximum atomic E-state index is 13.9. The number of hydrogen-bond donors (Lipinski definition) is 1. The van der Waals surface area contributed by atoms with E-state index in [1.54, 1.807) is 47.8 Å². The fourth-order valence-corrected chi connectivity index (χ4v) is 3.67. The zero-order chi connectivity index (χ0) is 18.0. The van der Waals surface area contributed by atoms with Gasteiger partial charge >= 0.3 is 10.2 Å². The van der Waals surface area contributed by atoms with Crippen molar-refractivity contribution in [1.82, 2.24) is 9.29 Å². The van der Waals surface area contributed by atoms with Crippen LogP contribution < -0.4 is 4.72 Å². The Morgan fingerprint density at radius 3 is 2.36 bits per heavy atom. The van der Waals surface area contributed by atoms with Crippen molar-refractivity contribution in [1.29, 1.82) is 0 Å². The molecular weight excluding hydrogens is 361 g/mol. The first kappa shape index (κ1) is 17.5. The van der Waals surface area contributed by atoms with Gasteiger partial charge in [-0.25, -0.2) is 9.37 Å². The summed E-state index contributed by atoms with van der Waals surface area (Å²) in [6.45, 7) is 0. The van der Waals surface area contributed by atoms with Crippen LogP contribution in [0.2, 0.25) is 0 Å². The largest absolute Gasteiger partial charge is 0.301 e. The molecule has 0 saturated heterocycles. The normalized spacial score (nSPS) is 11.7. The quantitative estimate of drug-likeness (QED) is 0.735. The highest BCUT2D eigenvalue weighted by atomic mass is 32.2. The number of para-hydroxylation sites is 1. The van der Waals surface area contributed by atoms with Gasteiger partial charge < -0.3 is 0 Å². The molecule has 3 aromatic rings. The van der Waals surface area contributed by atoms with E-state index in [1.165, 1.54) is 31.5 Å². The molecule has 0 amide bonds. The summed E-state index contributed by atoms with van der Waals surface area (Å²) in [5.41, 5.74) is 2.05. The molecule has 0 fully saturated rings. The summed E-state index contributed by atoms with van der Waals surface area (Å²) < 4.78 is 41.8.